The van der Waals surface area contributed by atoms with E-state index in [9.17, 15) is 5.26 Å². The van der Waals surface area contributed by atoms with Crippen LogP contribution in [0.1, 0.15) is 41.6 Å². The Balaban J connectivity index is 1.53. The average molecular weight is 438 g/mol. The molecule has 33 heavy (non-hydrogen) atoms. The highest BCUT2D eigenvalue weighted by Gasteiger charge is 2.56. The number of guanidine groups is 1. The van der Waals surface area contributed by atoms with Gasteiger partial charge in [0.2, 0.25) is 11.7 Å². The number of nitrogens with two attached hydrogens (primary N) is 1. The Kier molecular flexibility index (Phi) is 4.23. The largest absolute Gasteiger partial charge is 0.482 e. The molecule has 0 radical (unpaired) electrons. The highest BCUT2D eigenvalue weighted by Crippen LogP contribution is 2.56. The molecule has 6 rings (SSSR count). The van der Waals surface area contributed by atoms with Crippen LogP contribution < -0.4 is 10.5 Å². The quantitative estimate of drug-likeness (QED) is 0.619. The van der Waals surface area contributed by atoms with Crippen LogP contribution in [0.3, 0.4) is 0 Å². The normalized spacial score (nSPS) is 25.2. The van der Waals surface area contributed by atoms with Gasteiger partial charge in [0.15, 0.2) is 0 Å². The number of hydrogen-bond acceptors (Lipinski definition) is 7. The molecule has 3 aliphatic rings. The van der Waals surface area contributed by atoms with Gasteiger partial charge in [-0.05, 0) is 60.7 Å². The predicted molar refractivity (Wildman–Crippen MR) is 123 cm³/mol. The monoisotopic (exact) mass is 437 g/mol. The van der Waals surface area contributed by atoms with Crippen LogP contribution in [0, 0.1) is 11.3 Å². The summed E-state index contributed by atoms with van der Waals surface area (Å²) in [5.41, 5.74) is 10.1. The van der Waals surface area contributed by atoms with E-state index in [0.717, 1.165) is 53.0 Å². The van der Waals surface area contributed by atoms with Crippen molar-refractivity contribution in [1.29, 1.82) is 5.26 Å². The van der Waals surface area contributed by atoms with Crippen molar-refractivity contribution in [3.63, 3.8) is 0 Å². The molecule has 3 aromatic rings. The Morgan fingerprint density at radius 3 is 2.79 bits per heavy atom. The molecule has 164 valence electrons. The standard InChI is InChI=1S/C26H23N5O2/c1-31-24(28)30-26(33-31)16-25(11-3-8-22-20(25)7-4-12-29-22)32-23-10-9-19(14-21(23)26)18-6-2-5-17(13-18)15-27/h2,4-7,9-10,12-14H,3,8,11,16H2,1H3,(H2,28,30). The minimum atomic E-state index is -1.00. The molecule has 2 spiro atoms. The zero-order valence-electron chi connectivity index (χ0n) is 18.3. The lowest BCUT2D eigenvalue weighted by Gasteiger charge is -2.47. The fourth-order valence-corrected chi connectivity index (χ4v) is 5.35. The molecule has 1 aliphatic carbocycles. The number of hydrogen-bond donors (Lipinski definition) is 1. The van der Waals surface area contributed by atoms with Crippen LogP contribution in [-0.2, 0) is 22.6 Å². The summed E-state index contributed by atoms with van der Waals surface area (Å²) in [7, 11) is 1.77. The van der Waals surface area contributed by atoms with E-state index < -0.39 is 11.3 Å². The van der Waals surface area contributed by atoms with Crippen LogP contribution in [-0.4, -0.2) is 23.1 Å². The molecule has 0 fully saturated rings. The molecule has 1 aromatic heterocycles. The zero-order chi connectivity index (χ0) is 22.6. The van der Waals surface area contributed by atoms with Gasteiger partial charge in [-0.1, -0.05) is 24.3 Å². The van der Waals surface area contributed by atoms with E-state index in [0.29, 0.717) is 17.9 Å². The summed E-state index contributed by atoms with van der Waals surface area (Å²) < 4.78 is 6.78. The maximum atomic E-state index is 9.32. The van der Waals surface area contributed by atoms with Gasteiger partial charge in [-0.2, -0.15) is 5.26 Å². The molecule has 2 atom stereocenters. The van der Waals surface area contributed by atoms with Crippen LogP contribution in [0.4, 0.5) is 0 Å². The van der Waals surface area contributed by atoms with Gasteiger partial charge < -0.3 is 10.5 Å². The third-order valence-corrected chi connectivity index (χ3v) is 6.84. The maximum Gasteiger partial charge on any atom is 0.222 e. The SMILES string of the molecule is CN1OC2(CC3(CCCc4ncccc43)Oc3ccc(-c4cccc(C#N)c4)cc32)N=C1N. The highest BCUT2D eigenvalue weighted by molar-refractivity contribution is 5.79. The van der Waals surface area contributed by atoms with Crippen LogP contribution in [0.5, 0.6) is 5.75 Å². The lowest BCUT2D eigenvalue weighted by atomic mass is 9.73. The van der Waals surface area contributed by atoms with E-state index in [1.54, 1.807) is 13.1 Å². The van der Waals surface area contributed by atoms with E-state index in [2.05, 4.69) is 17.1 Å². The van der Waals surface area contributed by atoms with Crippen LogP contribution in [0.2, 0.25) is 0 Å². The van der Waals surface area contributed by atoms with Crippen LogP contribution in [0.25, 0.3) is 11.1 Å². The first kappa shape index (κ1) is 19.8. The zero-order valence-corrected chi connectivity index (χ0v) is 18.3. The van der Waals surface area contributed by atoms with Gasteiger partial charge in [0, 0.05) is 30.9 Å². The highest BCUT2D eigenvalue weighted by atomic mass is 16.7. The molecule has 0 amide bonds. The number of aliphatic imine (C=N–C) groups is 1. The van der Waals surface area contributed by atoms with Gasteiger partial charge >= 0.3 is 0 Å². The van der Waals surface area contributed by atoms with E-state index in [1.165, 1.54) is 5.06 Å². The van der Waals surface area contributed by atoms with Gasteiger partial charge in [-0.25, -0.2) is 14.9 Å². The molecule has 2 aliphatic heterocycles. The summed E-state index contributed by atoms with van der Waals surface area (Å²) in [6.07, 6.45) is 5.09. The smallest absolute Gasteiger partial charge is 0.222 e. The summed E-state index contributed by atoms with van der Waals surface area (Å²) in [4.78, 5) is 15.8. The third kappa shape index (κ3) is 2.99. The number of nitrogens with zero attached hydrogens (tertiary/aromatic N) is 4. The third-order valence-electron chi connectivity index (χ3n) is 6.84. The number of pyridine rings is 1. The number of aryl methyl sites for hydroxylation is 1. The minimum Gasteiger partial charge on any atom is -0.482 e. The Hall–Kier alpha value is -3.89. The number of fused-ring (bicyclic) bond motifs is 4. The first-order chi connectivity index (χ1) is 16.0. The fourth-order valence-electron chi connectivity index (χ4n) is 5.35. The number of benzene rings is 2. The van der Waals surface area contributed by atoms with E-state index in [4.69, 9.17) is 20.3 Å². The molecule has 2 aromatic carbocycles. The van der Waals surface area contributed by atoms with Gasteiger partial charge in [-0.15, -0.1) is 0 Å². The van der Waals surface area contributed by atoms with Crippen molar-refractivity contribution in [1.82, 2.24) is 10.0 Å². The topological polar surface area (TPSA) is 96.8 Å². The first-order valence-corrected chi connectivity index (χ1v) is 11.1. The summed E-state index contributed by atoms with van der Waals surface area (Å²) in [6.45, 7) is 0. The van der Waals surface area contributed by atoms with Crippen molar-refractivity contribution >= 4 is 5.96 Å². The Bertz CT molecular complexity index is 1350. The first-order valence-electron chi connectivity index (χ1n) is 11.1. The lowest BCUT2D eigenvalue weighted by molar-refractivity contribution is -0.207. The van der Waals surface area contributed by atoms with Crippen molar-refractivity contribution in [2.75, 3.05) is 7.05 Å². The second-order valence-corrected chi connectivity index (χ2v) is 8.87. The van der Waals surface area contributed by atoms with Crippen molar-refractivity contribution in [3.05, 3.63) is 83.2 Å². The molecular weight excluding hydrogens is 414 g/mol. The fraction of sp³-hybridized carbons (Fsp3) is 0.269. The van der Waals surface area contributed by atoms with Crippen LogP contribution in [0.15, 0.2) is 65.8 Å². The Morgan fingerprint density at radius 2 is 1.97 bits per heavy atom. The van der Waals surface area contributed by atoms with E-state index >= 15 is 0 Å². The van der Waals surface area contributed by atoms with Gasteiger partial charge in [0.1, 0.15) is 11.4 Å². The second-order valence-electron chi connectivity index (χ2n) is 8.87. The molecule has 3 heterocycles. The molecule has 0 bridgehead atoms. The summed E-state index contributed by atoms with van der Waals surface area (Å²) >= 11 is 0. The minimum absolute atomic E-state index is 0.331. The Labute approximate surface area is 192 Å². The summed E-state index contributed by atoms with van der Waals surface area (Å²) in [5.74, 6) is 1.06. The Morgan fingerprint density at radius 1 is 1.09 bits per heavy atom. The summed E-state index contributed by atoms with van der Waals surface area (Å²) in [6, 6.07) is 19.9. The molecule has 7 nitrogen and oxygen atoms in total. The van der Waals surface area contributed by atoms with Crippen molar-refractivity contribution in [3.8, 4) is 22.9 Å². The summed E-state index contributed by atoms with van der Waals surface area (Å²) in [5, 5.41) is 10.8. The van der Waals surface area contributed by atoms with Crippen LogP contribution >= 0.6 is 0 Å². The predicted octanol–water partition coefficient (Wildman–Crippen LogP) is 3.98. The maximum absolute atomic E-state index is 9.32. The average Bonchev–Trinajstić information content (AvgIpc) is 3.12. The lowest BCUT2D eigenvalue weighted by Crippen LogP contribution is -2.48. The van der Waals surface area contributed by atoms with Crippen molar-refractivity contribution in [2.24, 2.45) is 10.7 Å². The number of hydroxylamine groups is 2. The number of aromatic nitrogens is 1. The van der Waals surface area contributed by atoms with E-state index in [1.807, 2.05) is 48.7 Å². The number of rotatable bonds is 1. The molecule has 2 unspecified atom stereocenters. The van der Waals surface area contributed by atoms with Crippen molar-refractivity contribution in [2.45, 2.75) is 37.0 Å². The molecule has 0 saturated heterocycles. The second kappa shape index (κ2) is 7.06. The van der Waals surface area contributed by atoms with Gasteiger partial charge in [0.25, 0.3) is 0 Å². The molecule has 7 heteroatoms. The van der Waals surface area contributed by atoms with Crippen molar-refractivity contribution < 1.29 is 9.57 Å². The van der Waals surface area contributed by atoms with E-state index in [-0.39, 0.29) is 0 Å². The van der Waals surface area contributed by atoms with Gasteiger partial charge in [-0.3, -0.25) is 4.98 Å². The molecule has 2 N–H and O–H groups in total. The molecule has 0 saturated carbocycles. The van der Waals surface area contributed by atoms with Gasteiger partial charge in [0.05, 0.1) is 17.2 Å². The molecular formula is C26H23N5O2. The number of nitriles is 1. The number of ether oxygens (including phenoxy) is 1.